The molecule has 2 N–H and O–H groups in total. The summed E-state index contributed by atoms with van der Waals surface area (Å²) in [5.41, 5.74) is 0. The molecule has 0 bridgehead atoms. The van der Waals surface area contributed by atoms with Gasteiger partial charge in [0.1, 0.15) is 6.04 Å². The predicted molar refractivity (Wildman–Crippen MR) is 72.0 cm³/mol. The Morgan fingerprint density at radius 2 is 1.90 bits per heavy atom. The molecule has 0 fully saturated rings. The average Bonchev–Trinajstić information content (AvgIpc) is 2.38. The standard InChI is InChI=1S/C13H15F2NO3S/c14-11(15)8-10(13(18)19)16-12(17)6-7-20-9-4-2-1-3-5-9/h1-5,10-11H,6-8H2,(H,16,17)(H,18,19). The van der Waals surface area contributed by atoms with Crippen molar-refractivity contribution in [2.75, 3.05) is 5.75 Å². The fraction of sp³-hybridized carbons (Fsp3) is 0.385. The fourth-order valence-corrected chi connectivity index (χ4v) is 2.32. The monoisotopic (exact) mass is 303 g/mol. The van der Waals surface area contributed by atoms with Crippen LogP contribution in [0.2, 0.25) is 0 Å². The average molecular weight is 303 g/mol. The Bertz CT molecular complexity index is 443. The maximum absolute atomic E-state index is 12.2. The van der Waals surface area contributed by atoms with Crippen LogP contribution in [0.4, 0.5) is 8.78 Å². The van der Waals surface area contributed by atoms with Crippen LogP contribution in [0.1, 0.15) is 12.8 Å². The molecule has 20 heavy (non-hydrogen) atoms. The molecule has 1 unspecified atom stereocenters. The smallest absolute Gasteiger partial charge is 0.326 e. The molecular formula is C13H15F2NO3S. The summed E-state index contributed by atoms with van der Waals surface area (Å²) in [4.78, 5) is 23.2. The van der Waals surface area contributed by atoms with Gasteiger partial charge in [0, 0.05) is 23.5 Å². The van der Waals surface area contributed by atoms with E-state index in [4.69, 9.17) is 5.11 Å². The van der Waals surface area contributed by atoms with Crippen molar-refractivity contribution in [1.29, 1.82) is 0 Å². The summed E-state index contributed by atoms with van der Waals surface area (Å²) in [6, 6.07) is 7.85. The quantitative estimate of drug-likeness (QED) is 0.724. The maximum Gasteiger partial charge on any atom is 0.326 e. The SMILES string of the molecule is O=C(CCSc1ccccc1)NC(CC(F)F)C(=O)O. The Hall–Kier alpha value is -1.63. The van der Waals surface area contributed by atoms with Gasteiger partial charge in [0.25, 0.3) is 0 Å². The molecule has 1 amide bonds. The number of hydrogen-bond acceptors (Lipinski definition) is 3. The summed E-state index contributed by atoms with van der Waals surface area (Å²) in [6.07, 6.45) is -3.57. The van der Waals surface area contributed by atoms with Gasteiger partial charge in [-0.05, 0) is 12.1 Å². The van der Waals surface area contributed by atoms with Crippen molar-refractivity contribution in [3.8, 4) is 0 Å². The number of nitrogens with one attached hydrogen (secondary N) is 1. The van der Waals surface area contributed by atoms with E-state index in [1.165, 1.54) is 11.8 Å². The minimum absolute atomic E-state index is 0.0760. The van der Waals surface area contributed by atoms with Gasteiger partial charge in [-0.15, -0.1) is 11.8 Å². The summed E-state index contributed by atoms with van der Waals surface area (Å²) in [5.74, 6) is -1.53. The van der Waals surface area contributed by atoms with Crippen molar-refractivity contribution in [3.63, 3.8) is 0 Å². The van der Waals surface area contributed by atoms with E-state index in [1.54, 1.807) is 0 Å². The van der Waals surface area contributed by atoms with E-state index in [2.05, 4.69) is 5.32 Å². The van der Waals surface area contributed by atoms with Crippen molar-refractivity contribution in [2.24, 2.45) is 0 Å². The topological polar surface area (TPSA) is 66.4 Å². The first kappa shape index (κ1) is 16.4. The van der Waals surface area contributed by atoms with Crippen molar-refractivity contribution in [3.05, 3.63) is 30.3 Å². The molecule has 0 spiro atoms. The van der Waals surface area contributed by atoms with Crippen LogP contribution in [0.5, 0.6) is 0 Å². The predicted octanol–water partition coefficient (Wildman–Crippen LogP) is 2.39. The highest BCUT2D eigenvalue weighted by Crippen LogP contribution is 2.17. The molecule has 4 nitrogen and oxygen atoms in total. The van der Waals surface area contributed by atoms with Gasteiger partial charge < -0.3 is 10.4 Å². The van der Waals surface area contributed by atoms with Crippen LogP contribution < -0.4 is 5.32 Å². The summed E-state index contributed by atoms with van der Waals surface area (Å²) in [5, 5.41) is 10.8. The summed E-state index contributed by atoms with van der Waals surface area (Å²) in [6.45, 7) is 0. The van der Waals surface area contributed by atoms with E-state index < -0.39 is 30.8 Å². The lowest BCUT2D eigenvalue weighted by atomic mass is 10.2. The second kappa shape index (κ2) is 8.52. The number of rotatable bonds is 8. The highest BCUT2D eigenvalue weighted by molar-refractivity contribution is 7.99. The second-order valence-electron chi connectivity index (χ2n) is 4.00. The molecular weight excluding hydrogens is 288 g/mol. The minimum Gasteiger partial charge on any atom is -0.480 e. The molecule has 1 aromatic rings. The Morgan fingerprint density at radius 1 is 1.25 bits per heavy atom. The van der Waals surface area contributed by atoms with E-state index in [0.29, 0.717) is 5.75 Å². The molecule has 1 atom stereocenters. The van der Waals surface area contributed by atoms with Gasteiger partial charge in [-0.25, -0.2) is 13.6 Å². The molecule has 7 heteroatoms. The van der Waals surface area contributed by atoms with Crippen molar-refractivity contribution in [2.45, 2.75) is 30.2 Å². The number of carboxylic acid groups (broad SMARTS) is 1. The normalized spacial score (nSPS) is 12.2. The van der Waals surface area contributed by atoms with E-state index in [-0.39, 0.29) is 6.42 Å². The van der Waals surface area contributed by atoms with Gasteiger partial charge in [-0.2, -0.15) is 0 Å². The van der Waals surface area contributed by atoms with E-state index >= 15 is 0 Å². The molecule has 1 aromatic carbocycles. The number of benzene rings is 1. The van der Waals surface area contributed by atoms with Crippen LogP contribution in [0, 0.1) is 0 Å². The number of amides is 1. The zero-order valence-electron chi connectivity index (χ0n) is 10.6. The zero-order chi connectivity index (χ0) is 15.0. The lowest BCUT2D eigenvalue weighted by Crippen LogP contribution is -2.42. The largest absolute Gasteiger partial charge is 0.480 e. The van der Waals surface area contributed by atoms with Crippen molar-refractivity contribution in [1.82, 2.24) is 5.32 Å². The lowest BCUT2D eigenvalue weighted by Gasteiger charge is -2.13. The van der Waals surface area contributed by atoms with Crippen molar-refractivity contribution >= 4 is 23.6 Å². The van der Waals surface area contributed by atoms with E-state index in [9.17, 15) is 18.4 Å². The Balaban J connectivity index is 2.33. The van der Waals surface area contributed by atoms with Crippen LogP contribution in [0.15, 0.2) is 35.2 Å². The maximum atomic E-state index is 12.2. The van der Waals surface area contributed by atoms with Gasteiger partial charge in [-0.3, -0.25) is 4.79 Å². The number of halogens is 2. The molecule has 0 heterocycles. The molecule has 0 saturated heterocycles. The van der Waals surface area contributed by atoms with Gasteiger partial charge >= 0.3 is 5.97 Å². The van der Waals surface area contributed by atoms with Crippen LogP contribution >= 0.6 is 11.8 Å². The second-order valence-corrected chi connectivity index (χ2v) is 5.16. The lowest BCUT2D eigenvalue weighted by molar-refractivity contribution is -0.143. The van der Waals surface area contributed by atoms with Crippen LogP contribution in [-0.4, -0.2) is 35.2 Å². The third-order valence-corrected chi connectivity index (χ3v) is 3.40. The Kier molecular flexibility index (Phi) is 7.00. The fourth-order valence-electron chi connectivity index (χ4n) is 1.44. The first-order valence-electron chi connectivity index (χ1n) is 5.97. The number of aliphatic carboxylic acids is 1. The molecule has 0 saturated carbocycles. The van der Waals surface area contributed by atoms with Crippen LogP contribution in [-0.2, 0) is 9.59 Å². The van der Waals surface area contributed by atoms with Gasteiger partial charge in [-0.1, -0.05) is 18.2 Å². The summed E-state index contributed by atoms with van der Waals surface area (Å²) in [7, 11) is 0. The molecule has 1 rings (SSSR count). The highest BCUT2D eigenvalue weighted by atomic mass is 32.2. The Morgan fingerprint density at radius 3 is 2.45 bits per heavy atom. The van der Waals surface area contributed by atoms with Gasteiger partial charge in [0.05, 0.1) is 0 Å². The highest BCUT2D eigenvalue weighted by Gasteiger charge is 2.23. The van der Waals surface area contributed by atoms with Crippen molar-refractivity contribution < 1.29 is 23.5 Å². The van der Waals surface area contributed by atoms with Gasteiger partial charge in [0.2, 0.25) is 12.3 Å². The molecule has 110 valence electrons. The Labute approximate surface area is 119 Å². The number of alkyl halides is 2. The van der Waals surface area contributed by atoms with E-state index in [1.807, 2.05) is 30.3 Å². The number of carbonyl (C=O) groups is 2. The molecule has 0 aliphatic carbocycles. The molecule has 0 aromatic heterocycles. The number of thioether (sulfide) groups is 1. The first-order chi connectivity index (χ1) is 9.49. The third kappa shape index (κ3) is 6.51. The first-order valence-corrected chi connectivity index (χ1v) is 6.95. The van der Waals surface area contributed by atoms with Crippen LogP contribution in [0.3, 0.4) is 0 Å². The summed E-state index contributed by atoms with van der Waals surface area (Å²) < 4.78 is 24.3. The molecule has 0 radical (unpaired) electrons. The number of carboxylic acids is 1. The zero-order valence-corrected chi connectivity index (χ0v) is 11.4. The number of carbonyl (C=O) groups excluding carboxylic acids is 1. The summed E-state index contributed by atoms with van der Waals surface area (Å²) >= 11 is 1.44. The van der Waals surface area contributed by atoms with Crippen LogP contribution in [0.25, 0.3) is 0 Å². The molecule has 0 aliphatic heterocycles. The molecule has 0 aliphatic rings. The van der Waals surface area contributed by atoms with Gasteiger partial charge in [0.15, 0.2) is 0 Å². The number of hydrogen-bond donors (Lipinski definition) is 2. The van der Waals surface area contributed by atoms with E-state index in [0.717, 1.165) is 4.90 Å². The minimum atomic E-state index is -2.77. The third-order valence-electron chi connectivity index (χ3n) is 2.39.